The molecule has 0 bridgehead atoms. The Morgan fingerprint density at radius 3 is 2.69 bits per heavy atom. The first-order valence-electron chi connectivity index (χ1n) is 5.51. The van der Waals surface area contributed by atoms with Crippen LogP contribution in [0.15, 0.2) is 0 Å². The van der Waals surface area contributed by atoms with Crippen LogP contribution in [0.1, 0.15) is 33.6 Å². The van der Waals surface area contributed by atoms with Crippen molar-refractivity contribution in [2.75, 3.05) is 6.54 Å². The summed E-state index contributed by atoms with van der Waals surface area (Å²) in [7, 11) is 0. The van der Waals surface area contributed by atoms with E-state index >= 15 is 0 Å². The zero-order valence-corrected chi connectivity index (χ0v) is 10.0. The van der Waals surface area contributed by atoms with Crippen molar-refractivity contribution in [2.45, 2.75) is 45.2 Å². The molecular weight excluding hydrogens is 204 g/mol. The van der Waals surface area contributed by atoms with Crippen molar-refractivity contribution in [1.82, 2.24) is 10.2 Å². The van der Waals surface area contributed by atoms with Gasteiger partial charge in [0.25, 0.3) is 0 Å². The molecule has 1 fully saturated rings. The SMILES string of the molecule is C#CC(C)(C)N1CCC(=O)NC(CC)C1=O. The summed E-state index contributed by atoms with van der Waals surface area (Å²) in [5.41, 5.74) is -0.642. The lowest BCUT2D eigenvalue weighted by atomic mass is 10.0. The molecule has 0 aromatic carbocycles. The van der Waals surface area contributed by atoms with Crippen molar-refractivity contribution in [3.05, 3.63) is 0 Å². The smallest absolute Gasteiger partial charge is 0.246 e. The van der Waals surface area contributed by atoms with Gasteiger partial charge in [0.05, 0.1) is 5.54 Å². The molecule has 0 aromatic rings. The minimum atomic E-state index is -0.642. The first-order valence-corrected chi connectivity index (χ1v) is 5.51. The number of amides is 2. The van der Waals surface area contributed by atoms with Crippen LogP contribution in [0.2, 0.25) is 0 Å². The maximum atomic E-state index is 12.1. The van der Waals surface area contributed by atoms with Gasteiger partial charge in [0.2, 0.25) is 11.8 Å². The molecule has 1 aliphatic rings. The fourth-order valence-corrected chi connectivity index (χ4v) is 1.75. The normalized spacial score (nSPS) is 22.4. The van der Waals surface area contributed by atoms with Gasteiger partial charge in [0, 0.05) is 13.0 Å². The number of rotatable bonds is 2. The molecule has 4 nitrogen and oxygen atoms in total. The Morgan fingerprint density at radius 1 is 1.56 bits per heavy atom. The topological polar surface area (TPSA) is 49.4 Å². The summed E-state index contributed by atoms with van der Waals surface area (Å²) in [6.45, 7) is 5.88. The molecule has 1 rings (SSSR count). The highest BCUT2D eigenvalue weighted by Gasteiger charge is 2.35. The van der Waals surface area contributed by atoms with E-state index in [9.17, 15) is 9.59 Å². The lowest BCUT2D eigenvalue weighted by Crippen LogP contribution is -2.52. The molecule has 16 heavy (non-hydrogen) atoms. The van der Waals surface area contributed by atoms with Gasteiger partial charge in [-0.15, -0.1) is 6.42 Å². The van der Waals surface area contributed by atoms with Gasteiger partial charge in [-0.1, -0.05) is 12.8 Å². The van der Waals surface area contributed by atoms with Crippen LogP contribution in [0.5, 0.6) is 0 Å². The standard InChI is InChI=1S/C12H18N2O2/c1-5-9-11(16)14(12(3,4)6-2)8-7-10(15)13-9/h2,9H,5,7-8H2,1,3-4H3,(H,13,15). The molecule has 1 saturated heterocycles. The van der Waals surface area contributed by atoms with Crippen molar-refractivity contribution >= 4 is 11.8 Å². The van der Waals surface area contributed by atoms with E-state index < -0.39 is 11.6 Å². The van der Waals surface area contributed by atoms with Crippen molar-refractivity contribution < 1.29 is 9.59 Å². The molecule has 0 aliphatic carbocycles. The van der Waals surface area contributed by atoms with Crippen LogP contribution < -0.4 is 5.32 Å². The lowest BCUT2D eigenvalue weighted by molar-refractivity contribution is -0.136. The van der Waals surface area contributed by atoms with E-state index in [1.807, 2.05) is 20.8 Å². The van der Waals surface area contributed by atoms with E-state index in [1.54, 1.807) is 4.90 Å². The Labute approximate surface area is 96.4 Å². The third-order valence-corrected chi connectivity index (χ3v) is 2.90. The van der Waals surface area contributed by atoms with Gasteiger partial charge in [-0.25, -0.2) is 0 Å². The fraction of sp³-hybridized carbons (Fsp3) is 0.667. The highest BCUT2D eigenvalue weighted by Crippen LogP contribution is 2.18. The number of carbonyl (C=O) groups is 2. The molecule has 0 radical (unpaired) electrons. The van der Waals surface area contributed by atoms with Crippen LogP contribution in [-0.4, -0.2) is 34.8 Å². The van der Waals surface area contributed by atoms with E-state index in [-0.39, 0.29) is 11.8 Å². The maximum Gasteiger partial charge on any atom is 0.246 e. The first-order chi connectivity index (χ1) is 7.42. The average molecular weight is 222 g/mol. The largest absolute Gasteiger partial charge is 0.344 e. The average Bonchev–Trinajstić information content (AvgIpc) is 2.38. The van der Waals surface area contributed by atoms with E-state index in [0.717, 1.165) is 0 Å². The molecule has 0 spiro atoms. The number of nitrogens with one attached hydrogen (secondary N) is 1. The summed E-state index contributed by atoms with van der Waals surface area (Å²) in [6, 6.07) is -0.442. The Morgan fingerprint density at radius 2 is 2.19 bits per heavy atom. The Hall–Kier alpha value is -1.50. The van der Waals surface area contributed by atoms with Crippen LogP contribution in [-0.2, 0) is 9.59 Å². The molecule has 1 N–H and O–H groups in total. The van der Waals surface area contributed by atoms with Crippen LogP contribution in [0.4, 0.5) is 0 Å². The molecular formula is C12H18N2O2. The molecule has 88 valence electrons. The summed E-state index contributed by atoms with van der Waals surface area (Å²) >= 11 is 0. The van der Waals surface area contributed by atoms with Gasteiger partial charge in [-0.3, -0.25) is 9.59 Å². The molecule has 4 heteroatoms. The number of carbonyl (C=O) groups excluding carboxylic acids is 2. The minimum Gasteiger partial charge on any atom is -0.344 e. The molecule has 0 aromatic heterocycles. The quantitative estimate of drug-likeness (QED) is 0.693. The zero-order chi connectivity index (χ0) is 12.3. The summed E-state index contributed by atoms with van der Waals surface area (Å²) in [5, 5.41) is 2.71. The highest BCUT2D eigenvalue weighted by atomic mass is 16.2. The number of terminal acetylenes is 1. The number of hydrogen-bond acceptors (Lipinski definition) is 2. The molecule has 1 atom stereocenters. The van der Waals surface area contributed by atoms with Gasteiger partial charge in [0.1, 0.15) is 6.04 Å². The van der Waals surface area contributed by atoms with E-state index in [0.29, 0.717) is 19.4 Å². The second-order valence-corrected chi connectivity index (χ2v) is 4.47. The Kier molecular flexibility index (Phi) is 3.58. The first kappa shape index (κ1) is 12.6. The Bertz CT molecular complexity index is 341. The molecule has 0 saturated carbocycles. The predicted octanol–water partition coefficient (Wildman–Crippen LogP) is 0.525. The summed E-state index contributed by atoms with van der Waals surface area (Å²) in [4.78, 5) is 25.2. The van der Waals surface area contributed by atoms with Gasteiger partial charge in [-0.05, 0) is 20.3 Å². The monoisotopic (exact) mass is 222 g/mol. The van der Waals surface area contributed by atoms with Crippen molar-refractivity contribution in [1.29, 1.82) is 0 Å². The van der Waals surface area contributed by atoms with Crippen LogP contribution in [0.25, 0.3) is 0 Å². The van der Waals surface area contributed by atoms with Gasteiger partial charge < -0.3 is 10.2 Å². The van der Waals surface area contributed by atoms with Gasteiger partial charge in [0.15, 0.2) is 0 Å². The van der Waals surface area contributed by atoms with E-state index in [4.69, 9.17) is 6.42 Å². The highest BCUT2D eigenvalue weighted by molar-refractivity contribution is 5.90. The van der Waals surface area contributed by atoms with Crippen molar-refractivity contribution in [3.63, 3.8) is 0 Å². The van der Waals surface area contributed by atoms with Gasteiger partial charge in [-0.2, -0.15) is 0 Å². The zero-order valence-electron chi connectivity index (χ0n) is 10.0. The fourth-order valence-electron chi connectivity index (χ4n) is 1.75. The molecule has 1 aliphatic heterocycles. The minimum absolute atomic E-state index is 0.0868. The second kappa shape index (κ2) is 4.56. The molecule has 2 amide bonds. The third-order valence-electron chi connectivity index (χ3n) is 2.90. The lowest BCUT2D eigenvalue weighted by Gasteiger charge is -2.34. The number of hydrogen-bond donors (Lipinski definition) is 1. The van der Waals surface area contributed by atoms with Gasteiger partial charge >= 0.3 is 0 Å². The Balaban J connectivity index is 2.98. The van der Waals surface area contributed by atoms with Crippen molar-refractivity contribution in [3.8, 4) is 12.3 Å². The second-order valence-electron chi connectivity index (χ2n) is 4.47. The molecule has 1 unspecified atom stereocenters. The van der Waals surface area contributed by atoms with Crippen LogP contribution >= 0.6 is 0 Å². The predicted molar refractivity (Wildman–Crippen MR) is 61.5 cm³/mol. The summed E-state index contributed by atoms with van der Waals surface area (Å²) in [5.74, 6) is 2.42. The number of nitrogens with zero attached hydrogens (tertiary/aromatic N) is 1. The van der Waals surface area contributed by atoms with Crippen LogP contribution in [0.3, 0.4) is 0 Å². The summed E-state index contributed by atoms with van der Waals surface area (Å²) < 4.78 is 0. The maximum absolute atomic E-state index is 12.1. The van der Waals surface area contributed by atoms with E-state index in [1.165, 1.54) is 0 Å². The van der Waals surface area contributed by atoms with E-state index in [2.05, 4.69) is 11.2 Å². The molecule has 1 heterocycles. The van der Waals surface area contributed by atoms with Crippen molar-refractivity contribution in [2.24, 2.45) is 0 Å². The third kappa shape index (κ3) is 2.35. The van der Waals surface area contributed by atoms with Crippen LogP contribution in [0, 0.1) is 12.3 Å². The summed E-state index contributed by atoms with van der Waals surface area (Å²) in [6.07, 6.45) is 6.32.